The molecule has 41 heteroatoms. The summed E-state index contributed by atoms with van der Waals surface area (Å²) in [4.78, 5) is 115. The maximum absolute atomic E-state index is 12.2. The van der Waals surface area contributed by atoms with Crippen molar-refractivity contribution >= 4 is 150 Å². The van der Waals surface area contributed by atoms with Crippen LogP contribution in [0.5, 0.6) is 0 Å². The summed E-state index contributed by atoms with van der Waals surface area (Å²) in [5.41, 5.74) is 8.30. The van der Waals surface area contributed by atoms with E-state index in [0.29, 0.717) is 47.6 Å². The number of aryl methyl sites for hydroxylation is 1. The number of alkyl halides is 1. The van der Waals surface area contributed by atoms with E-state index in [1.54, 1.807) is 60.4 Å². The molecule has 0 bridgehead atoms. The van der Waals surface area contributed by atoms with Crippen molar-refractivity contribution in [1.29, 1.82) is 0 Å². The zero-order chi connectivity index (χ0) is 99.5. The third kappa shape index (κ3) is 50.3. The minimum atomic E-state index is -2.24. The average Bonchev–Trinajstić information content (AvgIpc) is 1.67. The first-order valence-corrected chi connectivity index (χ1v) is 60.5. The maximum Gasteiger partial charge on any atom is 0 e. The van der Waals surface area contributed by atoms with Gasteiger partial charge in [-0.05, 0) is 241 Å². The molecule has 2 unspecified atom stereocenters. The van der Waals surface area contributed by atoms with E-state index in [-0.39, 0.29) is 88.6 Å². The summed E-state index contributed by atoms with van der Waals surface area (Å²) in [6.07, 6.45) is 51.6. The smallest absolute Gasteiger partial charge is 0 e. The summed E-state index contributed by atoms with van der Waals surface area (Å²) >= 11 is 19.7. The normalized spacial score (nSPS) is 16.7. The molecule has 2 amide bonds. The van der Waals surface area contributed by atoms with Gasteiger partial charge in [0.25, 0.3) is 0 Å². The molecule has 1 radical (unpaired) electrons. The molecular weight excluding hydrogens is 2270 g/mol. The maximum atomic E-state index is 12.2. The van der Waals surface area contributed by atoms with Gasteiger partial charge >= 0.3 is 157 Å². The number of carbonyl (C=O) groups excluding carboxylic acids is 3. The zero-order valence-corrected chi connectivity index (χ0v) is 96.6. The molecule has 0 aliphatic carbocycles. The van der Waals surface area contributed by atoms with Crippen molar-refractivity contribution in [1.82, 2.24) is 105 Å². The molecule has 140 heavy (non-hydrogen) atoms. The number of hydrogen-bond donors (Lipinski definition) is 4. The second kappa shape index (κ2) is 74.7. The predicted octanol–water partition coefficient (Wildman–Crippen LogP) is 22.5. The Labute approximate surface area is 898 Å². The van der Waals surface area contributed by atoms with Crippen LogP contribution in [0.4, 0.5) is 27.2 Å². The number of amides is 2. The SMILES string of the molecule is BrCc1ncc(Br)cn1.Brc1cnc(CN2CCCCC2)nc1.C.C1CCNCC1.C=[C](OCC)[Sn]([CH2]CCC)([CH2]CCC)[CH2]CCC.CC(=O)c1cnc(CN2CCCCC2)nc1.CC(C)[C@H]1COC(=O)N1c1ccnc(Cl)n1.CC(N)c1cnc(CN2CCCCC2)nc1.CC(Nc1nccc(N2C(=O)OC[C@@H]2C(C)C)n1)c1cnc(CN2CCCCC2)nc1.Cc1ncc(Br)cn1.[B]=NS.[CH3-].[Pd]. The van der Waals surface area contributed by atoms with Crippen LogP contribution in [0.3, 0.4) is 0 Å². The molecule has 7 saturated heterocycles. The van der Waals surface area contributed by atoms with Gasteiger partial charge in [0, 0.05) is 124 Å². The number of anilines is 3. The molecule has 7 aliphatic heterocycles. The summed E-state index contributed by atoms with van der Waals surface area (Å²) in [7, 11) is 4.34. The van der Waals surface area contributed by atoms with Crippen molar-refractivity contribution in [3.05, 3.63) is 187 Å². The van der Waals surface area contributed by atoms with E-state index < -0.39 is 18.4 Å². The molecule has 15 heterocycles. The van der Waals surface area contributed by atoms with Gasteiger partial charge in [-0.3, -0.25) is 34.2 Å². The molecule has 15 rings (SSSR count). The number of nitrogens with two attached hydrogens (primary N) is 1. The van der Waals surface area contributed by atoms with Gasteiger partial charge in [0.2, 0.25) is 11.2 Å². The number of carbonyl (C=O) groups is 3. The second-order valence-electron chi connectivity index (χ2n) is 35.3. The number of halogens is 5. The van der Waals surface area contributed by atoms with Crippen molar-refractivity contribution in [2.45, 2.75) is 294 Å². The topological polar surface area (TPSA) is 367 Å². The molecule has 8 aromatic heterocycles. The predicted molar refractivity (Wildman–Crippen MR) is 580 cm³/mol. The van der Waals surface area contributed by atoms with Crippen molar-refractivity contribution in [3.8, 4) is 0 Å². The van der Waals surface area contributed by atoms with Gasteiger partial charge in [-0.15, -0.1) is 0 Å². The Morgan fingerprint density at radius 2 is 0.886 bits per heavy atom. The van der Waals surface area contributed by atoms with E-state index in [2.05, 4.69) is 247 Å². The Morgan fingerprint density at radius 3 is 1.20 bits per heavy atom. The quantitative estimate of drug-likeness (QED) is 0.00618. The number of rotatable bonds is 30. The largest absolute Gasteiger partial charge is 0.358 e. The van der Waals surface area contributed by atoms with Crippen LogP contribution in [0.1, 0.15) is 287 Å². The molecule has 8 aromatic rings. The molecule has 0 aromatic carbocycles. The van der Waals surface area contributed by atoms with Crippen molar-refractivity contribution < 1.29 is 49.0 Å². The fourth-order valence-corrected chi connectivity index (χ4v) is 31.3. The van der Waals surface area contributed by atoms with Crippen LogP contribution in [0.2, 0.25) is 18.6 Å². The molecule has 32 nitrogen and oxygen atoms in total. The van der Waals surface area contributed by atoms with E-state index in [1.807, 2.05) is 71.8 Å². The van der Waals surface area contributed by atoms with E-state index in [4.69, 9.17) is 31.5 Å². The average molecular weight is 2430 g/mol. The standard InChI is InChI=1S/C22H31N7O2.C12H20N4.C12H17N3O.C10H14BrN3.C10H12ClN3O2.C5H4Br2N2.C5H5BrN2.C5H11N.C4H7O.3C4H9.CH4.CH3.BHNS.Pd.Sn/c1-15(2)18-14-31-22(30)29(18)20-7-8-23-21(27-20)26-16(3)17-11-24-19(25-12-17)13-28-9-5-4-6-10-28;1-10(13)11-7-14-12(15-8-11)9-16-5-3-2-4-6-16;1-10(16)11-7-13-12(14-8-11)9-15-5-3-2-4-6-15;11-9-6-12-10(13-7-9)8-14-4-2-1-3-5-14;1-6(2)7-5-16-10(15)14(7)8-3-4-12-9(11)13-8;6-1-5-8-2-4(7)3-9-5;1-4-7-2-5(6)3-8-4;1-2-4-6-5-3-1;1-3-5-4-2;3*1-3-4-2;;;1-2-3;;/h7-8,11-12,15-16,18H,4-6,9-10,13-14H2,1-3H3,(H,23,26,27);7-8,10H,2-6,9,13H2,1H3;7-8H,2-6,9H2,1H3;6-7H,1-5,8H2;3-4,6-7H,5H2,1-2H3;2-3H,1H2;2-3H,1H3;6H,1-5H2;1,4H2,2H3;3*1,3-4H2,2H3;1H4;1H3;3H;;/q;;;;;;;;;;;;;-1;;;/t16?,18-;;;;7-;;;;;;;;;;;;/m1...1............/s1. The van der Waals surface area contributed by atoms with E-state index in [1.165, 1.54) is 209 Å². The van der Waals surface area contributed by atoms with Crippen molar-refractivity contribution in [2.75, 3.05) is 100 Å². The van der Waals surface area contributed by atoms with E-state index in [9.17, 15) is 14.4 Å². The first-order chi connectivity index (χ1) is 66.1. The molecule has 777 valence electrons. The Hall–Kier alpha value is -6.16. The zero-order valence-electron chi connectivity index (χ0n) is 84.2. The number of nitrogens with one attached hydrogen (secondary N) is 2. The molecule has 4 N–H and O–H groups in total. The number of cyclic esters (lactones) is 2. The summed E-state index contributed by atoms with van der Waals surface area (Å²) < 4.78 is 27.3. The summed E-state index contributed by atoms with van der Waals surface area (Å²) in [5.74, 6) is 7.15. The molecule has 4 atom stereocenters. The van der Waals surface area contributed by atoms with Crippen LogP contribution in [0, 0.1) is 26.2 Å². The Balaban J connectivity index is 0.000000415. The van der Waals surface area contributed by atoms with Crippen LogP contribution < -0.4 is 26.2 Å². The second-order valence-corrected chi connectivity index (χ2v) is 52.4. The van der Waals surface area contributed by atoms with E-state index >= 15 is 0 Å². The van der Waals surface area contributed by atoms with Gasteiger partial charge in [0.1, 0.15) is 59.8 Å². The minimum absolute atomic E-state index is 0. The number of nitrogens with zero attached hydrogens (tertiary/aromatic N) is 23. The molecule has 0 saturated carbocycles. The number of Topliss-reactive ketones (excluding diaryl/α,β-unsaturated/α-hetero) is 1. The van der Waals surface area contributed by atoms with Gasteiger partial charge in [0.15, 0.2) is 5.78 Å². The molecular formula is C99H156BBr4ClN26O6PdSSn-. The van der Waals surface area contributed by atoms with Crippen LogP contribution >= 0.6 is 88.1 Å². The first-order valence-electron chi connectivity index (χ1n) is 48.7. The fourth-order valence-electron chi connectivity index (χ4n) is 15.6. The van der Waals surface area contributed by atoms with Crippen LogP contribution in [-0.2, 0) is 66.1 Å². The number of unbranched alkanes of at least 4 members (excludes halogenated alkanes) is 3. The van der Waals surface area contributed by atoms with Crippen molar-refractivity contribution in [2.24, 2.45) is 21.9 Å². The molecule has 0 spiro atoms. The number of likely N-dealkylation sites (tertiary alicyclic amines) is 4. The Morgan fingerprint density at radius 1 is 0.550 bits per heavy atom. The van der Waals surface area contributed by atoms with E-state index in [0.717, 1.165) is 118 Å². The van der Waals surface area contributed by atoms with Gasteiger partial charge in [-0.1, -0.05) is 83.2 Å². The molecule has 7 fully saturated rings. The number of piperidine rings is 5. The van der Waals surface area contributed by atoms with Gasteiger partial charge in [-0.2, -0.15) is 4.98 Å². The number of hydrogen-bond acceptors (Lipinski definition) is 31. The Bertz CT molecular complexity index is 4600. The van der Waals surface area contributed by atoms with Gasteiger partial charge in [0.05, 0.1) is 68.6 Å². The third-order valence-electron chi connectivity index (χ3n) is 23.6. The van der Waals surface area contributed by atoms with Gasteiger partial charge < -0.3 is 33.3 Å². The monoisotopic (exact) mass is 2420 g/mol. The minimum Gasteiger partial charge on any atom is -0.358 e. The summed E-state index contributed by atoms with van der Waals surface area (Å²) in [6, 6.07) is 3.28. The number of thiol groups is 1. The fraction of sp³-hybridized carbons (Fsp3) is 0.616. The first kappa shape index (κ1) is 128. The van der Waals surface area contributed by atoms with Crippen molar-refractivity contribution in [3.63, 3.8) is 0 Å². The van der Waals surface area contributed by atoms with Crippen LogP contribution in [-0.4, -0.2) is 241 Å². The molecule has 7 aliphatic rings. The Kier molecular flexibility index (Phi) is 68.3. The third-order valence-corrected chi connectivity index (χ3v) is 40.6. The number of ketones is 1. The summed E-state index contributed by atoms with van der Waals surface area (Å²) in [5, 5.41) is 7.41. The van der Waals surface area contributed by atoms with Gasteiger partial charge in [-0.25, -0.2) is 84.3 Å². The summed E-state index contributed by atoms with van der Waals surface area (Å²) in [6.45, 7) is 45.6. The van der Waals surface area contributed by atoms with Crippen LogP contribution in [0.15, 0.2) is 127 Å². The van der Waals surface area contributed by atoms with Crippen LogP contribution in [0.25, 0.3) is 0 Å². The number of aromatic nitrogens is 16. The number of ether oxygens (including phenoxy) is 3.